The van der Waals surface area contributed by atoms with Crippen LogP contribution in [-0.4, -0.2) is 23.9 Å². The van der Waals surface area contributed by atoms with Crippen molar-refractivity contribution in [3.05, 3.63) is 25.3 Å². The van der Waals surface area contributed by atoms with Gasteiger partial charge in [0.05, 0.1) is 0 Å². The highest BCUT2D eigenvalue weighted by Gasteiger charge is 2.42. The second-order valence-corrected chi connectivity index (χ2v) is 5.90. The number of rotatable bonds is 6. The lowest BCUT2D eigenvalue weighted by molar-refractivity contribution is -0.124. The predicted molar refractivity (Wildman–Crippen MR) is 78.9 cm³/mol. The molecule has 4 nitrogen and oxygen atoms in total. The Labute approximate surface area is 120 Å². The Hall–Kier alpha value is -1.58. The maximum absolute atomic E-state index is 11.7. The molecule has 0 spiro atoms. The van der Waals surface area contributed by atoms with E-state index in [9.17, 15) is 9.59 Å². The van der Waals surface area contributed by atoms with Gasteiger partial charge in [0, 0.05) is 24.9 Å². The van der Waals surface area contributed by atoms with E-state index in [0.29, 0.717) is 24.7 Å². The summed E-state index contributed by atoms with van der Waals surface area (Å²) >= 11 is 0. The summed E-state index contributed by atoms with van der Waals surface area (Å²) in [6.45, 7) is 7.18. The number of nitrogens with one attached hydrogen (secondary N) is 2. The normalized spacial score (nSPS) is 31.4. The molecular formula is C16H24N2O2. The molecule has 0 aliphatic heterocycles. The lowest BCUT2D eigenvalue weighted by Gasteiger charge is -2.47. The van der Waals surface area contributed by atoms with Crippen molar-refractivity contribution in [2.45, 2.75) is 50.6 Å². The van der Waals surface area contributed by atoms with Crippen LogP contribution in [-0.2, 0) is 9.59 Å². The molecule has 110 valence electrons. The van der Waals surface area contributed by atoms with Gasteiger partial charge in [-0.3, -0.25) is 9.59 Å². The summed E-state index contributed by atoms with van der Waals surface area (Å²) in [6, 6.07) is 0.544. The van der Waals surface area contributed by atoms with E-state index in [1.54, 1.807) is 12.2 Å². The van der Waals surface area contributed by atoms with Gasteiger partial charge in [0.25, 0.3) is 0 Å². The Kier molecular flexibility index (Phi) is 4.99. The number of amides is 2. The van der Waals surface area contributed by atoms with Gasteiger partial charge in [-0.25, -0.2) is 0 Å². The first-order valence-corrected chi connectivity index (χ1v) is 7.44. The monoisotopic (exact) mass is 276 g/mol. The van der Waals surface area contributed by atoms with Gasteiger partial charge in [0.15, 0.2) is 0 Å². The van der Waals surface area contributed by atoms with Gasteiger partial charge < -0.3 is 10.6 Å². The third-order valence-electron chi connectivity index (χ3n) is 4.51. The first-order valence-electron chi connectivity index (χ1n) is 7.44. The van der Waals surface area contributed by atoms with Crippen LogP contribution in [0.2, 0.25) is 0 Å². The summed E-state index contributed by atoms with van der Waals surface area (Å²) in [5.41, 5.74) is 0. The fourth-order valence-corrected chi connectivity index (χ4v) is 3.58. The van der Waals surface area contributed by atoms with Crippen molar-refractivity contribution >= 4 is 11.8 Å². The summed E-state index contributed by atoms with van der Waals surface area (Å²) in [5, 5.41) is 6.22. The lowest BCUT2D eigenvalue weighted by Crippen LogP contribution is -2.56. The summed E-state index contributed by atoms with van der Waals surface area (Å²) in [6.07, 6.45) is 8.29. The van der Waals surface area contributed by atoms with Gasteiger partial charge in [-0.15, -0.1) is 13.2 Å². The van der Waals surface area contributed by atoms with Gasteiger partial charge in [0.2, 0.25) is 11.8 Å². The van der Waals surface area contributed by atoms with Gasteiger partial charge in [-0.05, 0) is 37.5 Å². The highest BCUT2D eigenvalue weighted by atomic mass is 16.2. The van der Waals surface area contributed by atoms with E-state index < -0.39 is 0 Å². The Balaban J connectivity index is 1.87. The molecule has 4 heteroatoms. The minimum absolute atomic E-state index is 0.0600. The highest BCUT2D eigenvalue weighted by Crippen LogP contribution is 2.41. The van der Waals surface area contributed by atoms with Crippen molar-refractivity contribution < 1.29 is 9.59 Å². The SMILES string of the molecule is C=CCC(=O)NC1CC2CCC1CC2NC(=O)CC=C. The van der Waals surface area contributed by atoms with Crippen molar-refractivity contribution in [3.8, 4) is 0 Å². The van der Waals surface area contributed by atoms with Crippen LogP contribution in [0, 0.1) is 11.8 Å². The van der Waals surface area contributed by atoms with Crippen molar-refractivity contribution in [3.63, 3.8) is 0 Å². The standard InChI is InChI=1S/C16H24N2O2/c1-3-5-15(19)17-13-9-12-8-7-11(13)10-14(12)18-16(20)6-4-2/h3-4,11-14H,1-2,5-10H2,(H,17,19)(H,18,20). The van der Waals surface area contributed by atoms with E-state index in [4.69, 9.17) is 0 Å². The smallest absolute Gasteiger partial charge is 0.224 e. The number of hydrogen-bond donors (Lipinski definition) is 2. The number of hydrogen-bond acceptors (Lipinski definition) is 2. The molecule has 20 heavy (non-hydrogen) atoms. The van der Waals surface area contributed by atoms with Crippen molar-refractivity contribution in [1.29, 1.82) is 0 Å². The molecule has 0 aromatic heterocycles. The van der Waals surface area contributed by atoms with Gasteiger partial charge in [-0.2, -0.15) is 0 Å². The highest BCUT2D eigenvalue weighted by molar-refractivity contribution is 5.78. The summed E-state index contributed by atoms with van der Waals surface area (Å²) < 4.78 is 0. The maximum atomic E-state index is 11.7. The fourth-order valence-electron chi connectivity index (χ4n) is 3.58. The first kappa shape index (κ1) is 14.8. The fraction of sp³-hybridized carbons (Fsp3) is 0.625. The van der Waals surface area contributed by atoms with E-state index >= 15 is 0 Å². The Bertz CT molecular complexity index is 367. The Morgan fingerprint density at radius 2 is 1.30 bits per heavy atom. The van der Waals surface area contributed by atoms with Crippen LogP contribution < -0.4 is 10.6 Å². The van der Waals surface area contributed by atoms with Crippen LogP contribution in [0.5, 0.6) is 0 Å². The third kappa shape index (κ3) is 3.50. The van der Waals surface area contributed by atoms with Crippen LogP contribution >= 0.6 is 0 Å². The van der Waals surface area contributed by atoms with Gasteiger partial charge >= 0.3 is 0 Å². The zero-order chi connectivity index (χ0) is 14.5. The topological polar surface area (TPSA) is 58.2 Å². The second-order valence-electron chi connectivity index (χ2n) is 5.90. The predicted octanol–water partition coefficient (Wildman–Crippen LogP) is 1.93. The average molecular weight is 276 g/mol. The molecule has 2 bridgehead atoms. The lowest BCUT2D eigenvalue weighted by atomic mass is 9.65. The molecule has 3 aliphatic rings. The number of fused-ring (bicyclic) bond motifs is 3. The molecule has 0 radical (unpaired) electrons. The molecule has 3 fully saturated rings. The summed E-state index contributed by atoms with van der Waals surface area (Å²) in [5.74, 6) is 1.10. The van der Waals surface area contributed by atoms with Crippen LogP contribution in [0.4, 0.5) is 0 Å². The molecular weight excluding hydrogens is 252 g/mol. The summed E-state index contributed by atoms with van der Waals surface area (Å²) in [4.78, 5) is 23.3. The Morgan fingerprint density at radius 1 is 0.900 bits per heavy atom. The van der Waals surface area contributed by atoms with Crippen molar-refractivity contribution in [2.75, 3.05) is 0 Å². The van der Waals surface area contributed by atoms with Crippen molar-refractivity contribution in [1.82, 2.24) is 10.6 Å². The largest absolute Gasteiger partial charge is 0.353 e. The van der Waals surface area contributed by atoms with E-state index in [1.807, 2.05) is 0 Å². The molecule has 0 heterocycles. The van der Waals surface area contributed by atoms with Crippen molar-refractivity contribution in [2.24, 2.45) is 11.8 Å². The second kappa shape index (κ2) is 6.73. The van der Waals surface area contributed by atoms with Crippen LogP contribution in [0.15, 0.2) is 25.3 Å². The molecule has 4 atom stereocenters. The van der Waals surface area contributed by atoms with E-state index in [0.717, 1.165) is 25.7 Å². The van der Waals surface area contributed by atoms with Crippen LogP contribution in [0.3, 0.4) is 0 Å². The Morgan fingerprint density at radius 3 is 1.60 bits per heavy atom. The maximum Gasteiger partial charge on any atom is 0.224 e. The third-order valence-corrected chi connectivity index (χ3v) is 4.51. The molecule has 4 unspecified atom stereocenters. The number of carbonyl (C=O) groups is 2. The molecule has 2 N–H and O–H groups in total. The molecule has 2 amide bonds. The molecule has 3 aliphatic carbocycles. The minimum atomic E-state index is 0.0600. The van der Waals surface area contributed by atoms with E-state index in [2.05, 4.69) is 23.8 Å². The van der Waals surface area contributed by atoms with E-state index in [1.165, 1.54) is 0 Å². The zero-order valence-corrected chi connectivity index (χ0v) is 11.9. The van der Waals surface area contributed by atoms with Gasteiger partial charge in [0.1, 0.15) is 0 Å². The molecule has 3 rings (SSSR count). The molecule has 0 saturated heterocycles. The molecule has 0 aromatic rings. The van der Waals surface area contributed by atoms with E-state index in [-0.39, 0.29) is 23.9 Å². The minimum Gasteiger partial charge on any atom is -0.353 e. The molecule has 0 aromatic carbocycles. The zero-order valence-electron chi connectivity index (χ0n) is 11.9. The first-order chi connectivity index (χ1) is 9.63. The quantitative estimate of drug-likeness (QED) is 0.728. The summed E-state index contributed by atoms with van der Waals surface area (Å²) in [7, 11) is 0. The molecule has 3 saturated carbocycles. The van der Waals surface area contributed by atoms with Crippen LogP contribution in [0.1, 0.15) is 38.5 Å². The average Bonchev–Trinajstić information content (AvgIpc) is 2.40. The van der Waals surface area contributed by atoms with Gasteiger partial charge in [-0.1, -0.05) is 12.2 Å². The van der Waals surface area contributed by atoms with Crippen LogP contribution in [0.25, 0.3) is 0 Å². The number of carbonyl (C=O) groups excluding carboxylic acids is 2.